The Bertz CT molecular complexity index is 602. The van der Waals surface area contributed by atoms with Crippen LogP contribution in [0.2, 0.25) is 0 Å². The molecule has 1 aromatic heterocycles. The normalized spacial score (nSPS) is 12.3. The van der Waals surface area contributed by atoms with Crippen LogP contribution in [-0.4, -0.2) is 34.1 Å². The van der Waals surface area contributed by atoms with Crippen molar-refractivity contribution in [3.63, 3.8) is 0 Å². The van der Waals surface area contributed by atoms with Gasteiger partial charge in [0.25, 0.3) is 0 Å². The molecule has 5 heteroatoms. The molecule has 0 spiro atoms. The summed E-state index contributed by atoms with van der Waals surface area (Å²) in [4.78, 5) is 10.9. The summed E-state index contributed by atoms with van der Waals surface area (Å²) < 4.78 is 6.82. The van der Waals surface area contributed by atoms with E-state index in [0.717, 1.165) is 17.7 Å². The number of ether oxygens (including phenoxy) is 1. The first-order chi connectivity index (χ1) is 9.51. The maximum Gasteiger partial charge on any atom is 0.356 e. The molecule has 0 aliphatic heterocycles. The van der Waals surface area contributed by atoms with Gasteiger partial charge in [0.05, 0.1) is 11.8 Å². The predicted octanol–water partition coefficient (Wildman–Crippen LogP) is 2.36. The topological polar surface area (TPSA) is 64.3 Å². The minimum absolute atomic E-state index is 0.0552. The third-order valence-corrected chi connectivity index (χ3v) is 3.27. The highest BCUT2D eigenvalue weighted by molar-refractivity contribution is 5.87. The number of hydrogen-bond donors (Lipinski definition) is 1. The van der Waals surface area contributed by atoms with Crippen LogP contribution in [0.1, 0.15) is 23.0 Å². The van der Waals surface area contributed by atoms with Gasteiger partial charge in [0, 0.05) is 14.2 Å². The zero-order chi connectivity index (χ0) is 14.7. The first kappa shape index (κ1) is 14.3. The summed E-state index contributed by atoms with van der Waals surface area (Å²) in [5, 5.41) is 12.9. The molecular formula is C15H18N2O3. The van der Waals surface area contributed by atoms with Gasteiger partial charge in [-0.2, -0.15) is 5.10 Å². The summed E-state index contributed by atoms with van der Waals surface area (Å²) >= 11 is 0. The zero-order valence-corrected chi connectivity index (χ0v) is 11.8. The van der Waals surface area contributed by atoms with Gasteiger partial charge in [-0.3, -0.25) is 4.68 Å². The molecule has 2 rings (SSSR count). The first-order valence-corrected chi connectivity index (χ1v) is 6.40. The van der Waals surface area contributed by atoms with Crippen molar-refractivity contribution in [3.05, 3.63) is 41.6 Å². The predicted molar refractivity (Wildman–Crippen MR) is 75.8 cm³/mol. The lowest BCUT2D eigenvalue weighted by molar-refractivity contribution is 0.0689. The van der Waals surface area contributed by atoms with Gasteiger partial charge in [-0.25, -0.2) is 4.79 Å². The van der Waals surface area contributed by atoms with Gasteiger partial charge in [0.1, 0.15) is 0 Å². The lowest BCUT2D eigenvalue weighted by atomic mass is 10.0. The number of hydrogen-bond acceptors (Lipinski definition) is 3. The van der Waals surface area contributed by atoms with Crippen LogP contribution >= 0.6 is 0 Å². The fraction of sp³-hybridized carbons (Fsp3) is 0.333. The summed E-state index contributed by atoms with van der Waals surface area (Å²) in [5.41, 5.74) is 2.97. The molecule has 1 heterocycles. The third-order valence-electron chi connectivity index (χ3n) is 3.27. The number of aryl methyl sites for hydroxylation is 1. The van der Waals surface area contributed by atoms with Gasteiger partial charge in [-0.15, -0.1) is 0 Å². The largest absolute Gasteiger partial charge is 0.476 e. The average molecular weight is 274 g/mol. The maximum absolute atomic E-state index is 10.9. The van der Waals surface area contributed by atoms with E-state index in [4.69, 9.17) is 9.84 Å². The molecule has 0 amide bonds. The summed E-state index contributed by atoms with van der Waals surface area (Å²) in [6.45, 7) is 2.02. The minimum atomic E-state index is -1.02. The van der Waals surface area contributed by atoms with Crippen molar-refractivity contribution in [1.29, 1.82) is 0 Å². The van der Waals surface area contributed by atoms with E-state index in [1.54, 1.807) is 24.9 Å². The second-order valence-electron chi connectivity index (χ2n) is 4.79. The van der Waals surface area contributed by atoms with Crippen molar-refractivity contribution in [3.8, 4) is 11.3 Å². The van der Waals surface area contributed by atoms with E-state index in [-0.39, 0.29) is 11.8 Å². The number of nitrogens with zero attached hydrogens (tertiary/aromatic N) is 2. The molecule has 0 bridgehead atoms. The molecule has 2 aromatic rings. The first-order valence-electron chi connectivity index (χ1n) is 6.40. The van der Waals surface area contributed by atoms with Crippen molar-refractivity contribution >= 4 is 5.97 Å². The van der Waals surface area contributed by atoms with Gasteiger partial charge in [0.15, 0.2) is 5.69 Å². The zero-order valence-electron chi connectivity index (χ0n) is 11.8. The molecule has 0 saturated carbocycles. The molecule has 20 heavy (non-hydrogen) atoms. The number of benzene rings is 1. The molecule has 0 radical (unpaired) electrons. The molecule has 106 valence electrons. The third kappa shape index (κ3) is 3.05. The molecule has 0 aliphatic rings. The van der Waals surface area contributed by atoms with Crippen LogP contribution in [0.25, 0.3) is 11.3 Å². The van der Waals surface area contributed by atoms with E-state index in [9.17, 15) is 4.79 Å². The van der Waals surface area contributed by atoms with Crippen LogP contribution < -0.4 is 0 Å². The molecule has 5 nitrogen and oxygen atoms in total. The Kier molecular flexibility index (Phi) is 4.20. The highest BCUT2D eigenvalue weighted by Gasteiger charge is 2.12. The molecule has 0 fully saturated rings. The average Bonchev–Trinajstić information content (AvgIpc) is 2.82. The van der Waals surface area contributed by atoms with Crippen LogP contribution in [0.15, 0.2) is 30.3 Å². The van der Waals surface area contributed by atoms with Gasteiger partial charge >= 0.3 is 5.97 Å². The second kappa shape index (κ2) is 5.88. The summed E-state index contributed by atoms with van der Waals surface area (Å²) in [7, 11) is 3.44. The number of aromatic nitrogens is 2. The van der Waals surface area contributed by atoms with E-state index in [1.165, 1.54) is 5.56 Å². The van der Waals surface area contributed by atoms with Crippen molar-refractivity contribution in [2.75, 3.05) is 7.11 Å². The number of carboxylic acids is 1. The van der Waals surface area contributed by atoms with E-state index >= 15 is 0 Å². The Hall–Kier alpha value is -2.14. The lowest BCUT2D eigenvalue weighted by Crippen LogP contribution is -2.08. The molecule has 1 aromatic carbocycles. The van der Waals surface area contributed by atoms with E-state index in [0.29, 0.717) is 0 Å². The SMILES string of the molecule is COC(C)Cc1ccc(-c2cc(C(=O)O)nn2C)cc1. The van der Waals surface area contributed by atoms with Crippen molar-refractivity contribution in [1.82, 2.24) is 9.78 Å². The van der Waals surface area contributed by atoms with Crippen molar-refractivity contribution < 1.29 is 14.6 Å². The van der Waals surface area contributed by atoms with Crippen LogP contribution in [0.4, 0.5) is 0 Å². The van der Waals surface area contributed by atoms with Gasteiger partial charge in [0.2, 0.25) is 0 Å². The Balaban J connectivity index is 2.23. The fourth-order valence-electron chi connectivity index (χ4n) is 2.07. The van der Waals surface area contributed by atoms with Gasteiger partial charge < -0.3 is 9.84 Å². The molecule has 1 atom stereocenters. The molecule has 0 aliphatic carbocycles. The molecule has 0 saturated heterocycles. The smallest absolute Gasteiger partial charge is 0.356 e. The minimum Gasteiger partial charge on any atom is -0.476 e. The highest BCUT2D eigenvalue weighted by atomic mass is 16.5. The Morgan fingerprint density at radius 3 is 2.55 bits per heavy atom. The number of rotatable bonds is 5. The second-order valence-corrected chi connectivity index (χ2v) is 4.79. The summed E-state index contributed by atoms with van der Waals surface area (Å²) in [5.74, 6) is -1.02. The fourth-order valence-corrected chi connectivity index (χ4v) is 2.07. The monoisotopic (exact) mass is 274 g/mol. The lowest BCUT2D eigenvalue weighted by Gasteiger charge is -2.09. The molecule has 1 N–H and O–H groups in total. The molecular weight excluding hydrogens is 256 g/mol. The van der Waals surface area contributed by atoms with Crippen molar-refractivity contribution in [2.24, 2.45) is 7.05 Å². The van der Waals surface area contributed by atoms with Gasteiger partial charge in [-0.1, -0.05) is 24.3 Å². The van der Waals surface area contributed by atoms with Crippen LogP contribution in [0, 0.1) is 0 Å². The van der Waals surface area contributed by atoms with Gasteiger partial charge in [-0.05, 0) is 30.5 Å². The number of carboxylic acid groups (broad SMARTS) is 1. The van der Waals surface area contributed by atoms with Crippen LogP contribution in [0.3, 0.4) is 0 Å². The standard InChI is InChI=1S/C15H18N2O3/c1-10(20-3)8-11-4-6-12(7-5-11)14-9-13(15(18)19)16-17(14)2/h4-7,9-10H,8H2,1-3H3,(H,18,19). The summed E-state index contributed by atoms with van der Waals surface area (Å²) in [6, 6.07) is 9.58. The Morgan fingerprint density at radius 1 is 1.40 bits per heavy atom. The Labute approximate surface area is 117 Å². The Morgan fingerprint density at radius 2 is 2.05 bits per heavy atom. The molecule has 1 unspecified atom stereocenters. The van der Waals surface area contributed by atoms with Crippen molar-refractivity contribution in [2.45, 2.75) is 19.4 Å². The highest BCUT2D eigenvalue weighted by Crippen LogP contribution is 2.21. The number of carbonyl (C=O) groups is 1. The quantitative estimate of drug-likeness (QED) is 0.909. The van der Waals surface area contributed by atoms with Crippen LogP contribution in [0.5, 0.6) is 0 Å². The number of methoxy groups -OCH3 is 1. The maximum atomic E-state index is 10.9. The van der Waals surface area contributed by atoms with E-state index < -0.39 is 5.97 Å². The summed E-state index contributed by atoms with van der Waals surface area (Å²) in [6.07, 6.45) is 1.03. The van der Waals surface area contributed by atoms with E-state index in [2.05, 4.69) is 5.10 Å². The van der Waals surface area contributed by atoms with Crippen LogP contribution in [-0.2, 0) is 18.2 Å². The van der Waals surface area contributed by atoms with E-state index in [1.807, 2.05) is 31.2 Å². The number of aromatic carboxylic acids is 1.